The van der Waals surface area contributed by atoms with E-state index in [4.69, 9.17) is 0 Å². The molecule has 0 unspecified atom stereocenters. The van der Waals surface area contributed by atoms with Gasteiger partial charge in [-0.05, 0) is 74.5 Å². The zero-order valence-corrected chi connectivity index (χ0v) is 15.1. The molecule has 4 heteroatoms. The second-order valence-electron chi connectivity index (χ2n) is 9.00. The van der Waals surface area contributed by atoms with E-state index in [1.54, 1.807) is 0 Å². The van der Waals surface area contributed by atoms with Crippen LogP contribution in [0, 0.1) is 23.2 Å². The van der Waals surface area contributed by atoms with E-state index in [1.807, 2.05) is 30.3 Å². The minimum atomic E-state index is -0.927. The average Bonchev–Trinajstić information content (AvgIpc) is 3.04. The summed E-state index contributed by atoms with van der Waals surface area (Å²) in [6.45, 7) is 0. The van der Waals surface area contributed by atoms with Crippen LogP contribution in [-0.2, 0) is 6.42 Å². The molecule has 4 nitrogen and oxygen atoms in total. The highest BCUT2D eigenvalue weighted by Gasteiger charge is 2.50. The lowest BCUT2D eigenvalue weighted by Gasteiger charge is -2.57. The molecule has 1 aromatic carbocycles. The van der Waals surface area contributed by atoms with Crippen LogP contribution in [0.15, 0.2) is 30.3 Å². The Morgan fingerprint density at radius 3 is 2.27 bits per heavy atom. The van der Waals surface area contributed by atoms with Crippen LogP contribution < -0.4 is 0 Å². The third kappa shape index (κ3) is 2.76. The molecule has 4 bridgehead atoms. The average molecular weight is 350 g/mol. The maximum Gasteiger partial charge on any atom is 0.356 e. The monoisotopic (exact) mass is 350 g/mol. The van der Waals surface area contributed by atoms with Crippen LogP contribution in [0.2, 0.25) is 0 Å². The van der Waals surface area contributed by atoms with Gasteiger partial charge in [0.05, 0.1) is 0 Å². The van der Waals surface area contributed by atoms with Crippen molar-refractivity contribution in [2.75, 3.05) is 0 Å². The van der Waals surface area contributed by atoms with E-state index in [1.165, 1.54) is 38.5 Å². The van der Waals surface area contributed by atoms with Crippen molar-refractivity contribution in [2.45, 2.75) is 51.4 Å². The highest BCUT2D eigenvalue weighted by Crippen LogP contribution is 2.61. The first-order chi connectivity index (χ1) is 12.6. The van der Waals surface area contributed by atoms with Crippen molar-refractivity contribution in [2.24, 2.45) is 23.2 Å². The summed E-state index contributed by atoms with van der Waals surface area (Å²) >= 11 is 0. The van der Waals surface area contributed by atoms with E-state index in [-0.39, 0.29) is 5.69 Å². The first-order valence-electron chi connectivity index (χ1n) is 9.98. The van der Waals surface area contributed by atoms with Gasteiger partial charge in [-0.1, -0.05) is 30.3 Å². The van der Waals surface area contributed by atoms with E-state index in [2.05, 4.69) is 9.97 Å². The van der Waals surface area contributed by atoms with Crippen LogP contribution in [0.1, 0.15) is 61.1 Å². The Labute approximate surface area is 154 Å². The Balaban J connectivity index is 1.39. The minimum Gasteiger partial charge on any atom is -0.476 e. The summed E-state index contributed by atoms with van der Waals surface area (Å²) < 4.78 is 0. The highest BCUT2D eigenvalue weighted by atomic mass is 16.4. The molecule has 1 aromatic heterocycles. The molecule has 4 saturated carbocycles. The maximum absolute atomic E-state index is 11.7. The standard InChI is InChI=1S/C22H26N2O2/c25-21(26)19-18(23-20(24-19)17-4-2-1-3-5-17)6-7-22-11-14-8-15(12-22)10-16(9-14)13-22/h1-5,14-16H,6-13H2,(H,23,24)(H,25,26). The van der Waals surface area contributed by atoms with Crippen LogP contribution in [0.3, 0.4) is 0 Å². The Morgan fingerprint density at radius 1 is 1.08 bits per heavy atom. The number of carboxylic acids is 1. The number of benzene rings is 1. The lowest BCUT2D eigenvalue weighted by atomic mass is 9.48. The smallest absolute Gasteiger partial charge is 0.356 e. The molecule has 1 heterocycles. The summed E-state index contributed by atoms with van der Waals surface area (Å²) in [4.78, 5) is 19.4. The van der Waals surface area contributed by atoms with E-state index < -0.39 is 5.97 Å². The van der Waals surface area contributed by atoms with Crippen LogP contribution in [0.4, 0.5) is 0 Å². The molecular weight excluding hydrogens is 324 g/mol. The number of H-pyrrole nitrogens is 1. The van der Waals surface area contributed by atoms with Crippen molar-refractivity contribution < 1.29 is 9.90 Å². The first-order valence-corrected chi connectivity index (χ1v) is 9.98. The quantitative estimate of drug-likeness (QED) is 0.804. The van der Waals surface area contributed by atoms with Crippen molar-refractivity contribution in [3.05, 3.63) is 41.7 Å². The number of nitrogens with one attached hydrogen (secondary N) is 1. The largest absolute Gasteiger partial charge is 0.476 e. The molecule has 0 spiro atoms. The number of rotatable bonds is 5. The van der Waals surface area contributed by atoms with Gasteiger partial charge in [0.1, 0.15) is 5.82 Å². The Morgan fingerprint density at radius 2 is 1.69 bits per heavy atom. The molecule has 0 radical (unpaired) electrons. The Hall–Kier alpha value is -2.10. The van der Waals surface area contributed by atoms with Gasteiger partial charge in [0.15, 0.2) is 5.69 Å². The number of carboxylic acid groups (broad SMARTS) is 1. The summed E-state index contributed by atoms with van der Waals surface area (Å²) in [5, 5.41) is 9.60. The van der Waals surface area contributed by atoms with Gasteiger partial charge in [-0.15, -0.1) is 0 Å². The van der Waals surface area contributed by atoms with Gasteiger partial charge in [-0.3, -0.25) is 0 Å². The third-order valence-electron chi connectivity index (χ3n) is 7.10. The lowest BCUT2D eigenvalue weighted by molar-refractivity contribution is -0.0571. The fraction of sp³-hybridized carbons (Fsp3) is 0.545. The summed E-state index contributed by atoms with van der Waals surface area (Å²) in [7, 11) is 0. The first kappa shape index (κ1) is 16.1. The van der Waals surface area contributed by atoms with Crippen molar-refractivity contribution in [3.63, 3.8) is 0 Å². The van der Waals surface area contributed by atoms with Crippen LogP contribution in [0.25, 0.3) is 11.4 Å². The number of aromatic amines is 1. The van der Waals surface area contributed by atoms with E-state index in [9.17, 15) is 9.90 Å². The normalized spacial score (nSPS) is 32.1. The molecule has 2 N–H and O–H groups in total. The molecule has 2 aromatic rings. The van der Waals surface area contributed by atoms with Gasteiger partial charge in [-0.25, -0.2) is 9.78 Å². The fourth-order valence-electron chi connectivity index (χ4n) is 6.49. The Kier molecular flexibility index (Phi) is 3.70. The van der Waals surface area contributed by atoms with Gasteiger partial charge < -0.3 is 10.1 Å². The molecule has 0 atom stereocenters. The summed E-state index contributed by atoms with van der Waals surface area (Å²) in [5.74, 6) is 2.54. The molecule has 0 saturated heterocycles. The van der Waals surface area contributed by atoms with Crippen LogP contribution >= 0.6 is 0 Å². The van der Waals surface area contributed by atoms with Gasteiger partial charge >= 0.3 is 5.97 Å². The zero-order chi connectivity index (χ0) is 17.7. The second kappa shape index (κ2) is 5.97. The maximum atomic E-state index is 11.7. The number of hydrogen-bond donors (Lipinski definition) is 2. The molecule has 136 valence electrons. The van der Waals surface area contributed by atoms with Crippen LogP contribution in [0.5, 0.6) is 0 Å². The molecule has 26 heavy (non-hydrogen) atoms. The molecule has 0 aliphatic heterocycles. The van der Waals surface area contributed by atoms with E-state index in [0.29, 0.717) is 11.2 Å². The number of aromatic carboxylic acids is 1. The number of hydrogen-bond acceptors (Lipinski definition) is 2. The second-order valence-corrected chi connectivity index (χ2v) is 9.00. The lowest BCUT2D eigenvalue weighted by Crippen LogP contribution is -2.46. The number of imidazole rings is 1. The molecule has 4 aliphatic rings. The van der Waals surface area contributed by atoms with E-state index in [0.717, 1.165) is 41.9 Å². The van der Waals surface area contributed by atoms with Crippen molar-refractivity contribution in [1.29, 1.82) is 0 Å². The van der Waals surface area contributed by atoms with E-state index >= 15 is 0 Å². The van der Waals surface area contributed by atoms with Crippen LogP contribution in [-0.4, -0.2) is 21.0 Å². The Bertz CT molecular complexity index is 789. The number of carbonyl (C=O) groups is 1. The van der Waals surface area contributed by atoms with Gasteiger partial charge in [0.25, 0.3) is 0 Å². The number of aryl methyl sites for hydroxylation is 1. The molecule has 0 amide bonds. The molecule has 6 rings (SSSR count). The molecule has 4 fully saturated rings. The topological polar surface area (TPSA) is 66.0 Å². The third-order valence-corrected chi connectivity index (χ3v) is 7.10. The van der Waals surface area contributed by atoms with Gasteiger partial charge in [0, 0.05) is 11.3 Å². The minimum absolute atomic E-state index is 0.202. The zero-order valence-electron chi connectivity index (χ0n) is 15.1. The van der Waals surface area contributed by atoms with Crippen molar-refractivity contribution in [1.82, 2.24) is 9.97 Å². The molecule has 4 aliphatic carbocycles. The predicted octanol–water partition coefficient (Wildman–Crippen LogP) is 4.92. The SMILES string of the molecule is O=C(O)c1nc(-c2ccccc2)[nH]c1CCC12CC3CC(CC(C3)C1)C2. The number of nitrogens with zero attached hydrogens (tertiary/aromatic N) is 1. The van der Waals surface area contributed by atoms with Gasteiger partial charge in [-0.2, -0.15) is 0 Å². The van der Waals surface area contributed by atoms with Crippen molar-refractivity contribution >= 4 is 5.97 Å². The fourth-order valence-corrected chi connectivity index (χ4v) is 6.49. The van der Waals surface area contributed by atoms with Crippen molar-refractivity contribution in [3.8, 4) is 11.4 Å². The predicted molar refractivity (Wildman–Crippen MR) is 99.9 cm³/mol. The summed E-state index contributed by atoms with van der Waals surface area (Å²) in [5.41, 5.74) is 2.40. The highest BCUT2D eigenvalue weighted by molar-refractivity contribution is 5.87. The molecular formula is C22H26N2O2. The summed E-state index contributed by atoms with van der Waals surface area (Å²) in [6.07, 6.45) is 10.3. The number of aromatic nitrogens is 2. The summed E-state index contributed by atoms with van der Waals surface area (Å²) in [6, 6.07) is 9.79. The van der Waals surface area contributed by atoms with Gasteiger partial charge in [0.2, 0.25) is 0 Å².